The van der Waals surface area contributed by atoms with Crippen molar-refractivity contribution in [3.63, 3.8) is 0 Å². The second-order valence-corrected chi connectivity index (χ2v) is 5.41. The van der Waals surface area contributed by atoms with Crippen LogP contribution >= 0.6 is 11.6 Å². The molecule has 0 spiro atoms. The highest BCUT2D eigenvalue weighted by Crippen LogP contribution is 2.27. The summed E-state index contributed by atoms with van der Waals surface area (Å²) in [5, 5.41) is 2.94. The molecule has 0 saturated carbocycles. The Balaban J connectivity index is 1.69. The second kappa shape index (κ2) is 6.19. The van der Waals surface area contributed by atoms with Crippen LogP contribution in [0.3, 0.4) is 0 Å². The number of amides is 1. The van der Waals surface area contributed by atoms with Gasteiger partial charge in [-0.2, -0.15) is 0 Å². The van der Waals surface area contributed by atoms with Crippen LogP contribution in [-0.4, -0.2) is 12.5 Å². The minimum atomic E-state index is -0.167. The monoisotopic (exact) mass is 301 g/mol. The summed E-state index contributed by atoms with van der Waals surface area (Å²) in [6.45, 7) is 0.415. The van der Waals surface area contributed by atoms with Gasteiger partial charge in [0.2, 0.25) is 5.91 Å². The van der Waals surface area contributed by atoms with Crippen molar-refractivity contribution < 1.29 is 9.53 Å². The first-order chi connectivity index (χ1) is 10.3. The Morgan fingerprint density at radius 1 is 1.24 bits per heavy atom. The van der Waals surface area contributed by atoms with Crippen LogP contribution in [0.15, 0.2) is 48.5 Å². The van der Waals surface area contributed by atoms with Crippen LogP contribution < -0.4 is 10.1 Å². The summed E-state index contributed by atoms with van der Waals surface area (Å²) in [5.74, 6) is 1.13. The molecule has 1 unspecified atom stereocenters. The van der Waals surface area contributed by atoms with Gasteiger partial charge in [-0.25, -0.2) is 0 Å². The Hall–Kier alpha value is -2.00. The van der Waals surface area contributed by atoms with Gasteiger partial charge in [0.15, 0.2) is 0 Å². The van der Waals surface area contributed by atoms with Crippen LogP contribution in [0.2, 0.25) is 0 Å². The third kappa shape index (κ3) is 3.19. The van der Waals surface area contributed by atoms with E-state index < -0.39 is 0 Å². The van der Waals surface area contributed by atoms with Gasteiger partial charge in [0.1, 0.15) is 12.4 Å². The highest BCUT2D eigenvalue weighted by atomic mass is 35.5. The highest BCUT2D eigenvalue weighted by molar-refractivity contribution is 6.17. The lowest BCUT2D eigenvalue weighted by Gasteiger charge is -2.24. The molecule has 1 aliphatic heterocycles. The van der Waals surface area contributed by atoms with Crippen LogP contribution in [0.5, 0.6) is 5.75 Å². The minimum absolute atomic E-state index is 0.0174. The molecule has 2 aromatic carbocycles. The topological polar surface area (TPSA) is 38.3 Å². The molecule has 0 aliphatic carbocycles. The van der Waals surface area contributed by atoms with E-state index in [1.54, 1.807) is 0 Å². The first-order valence-corrected chi connectivity index (χ1v) is 7.46. The summed E-state index contributed by atoms with van der Waals surface area (Å²) in [5.41, 5.74) is 2.84. The van der Waals surface area contributed by atoms with E-state index in [-0.39, 0.29) is 11.8 Å². The van der Waals surface area contributed by atoms with E-state index in [9.17, 15) is 4.79 Å². The molecule has 0 saturated heterocycles. The molecule has 0 fully saturated rings. The van der Waals surface area contributed by atoms with Gasteiger partial charge in [0.25, 0.3) is 0 Å². The molecular weight excluding hydrogens is 286 g/mol. The number of anilines is 1. The predicted molar refractivity (Wildman–Crippen MR) is 83.8 cm³/mol. The summed E-state index contributed by atoms with van der Waals surface area (Å²) >= 11 is 5.81. The molecule has 1 amide bonds. The van der Waals surface area contributed by atoms with E-state index in [1.165, 1.54) is 0 Å². The van der Waals surface area contributed by atoms with E-state index in [0.29, 0.717) is 18.9 Å². The minimum Gasteiger partial charge on any atom is -0.492 e. The number of hydrogen-bond donors (Lipinski definition) is 1. The molecule has 1 N–H and O–H groups in total. The average Bonchev–Trinajstić information content (AvgIpc) is 2.54. The number of rotatable bonds is 3. The fourth-order valence-corrected chi connectivity index (χ4v) is 2.64. The Labute approximate surface area is 128 Å². The van der Waals surface area contributed by atoms with Crippen molar-refractivity contribution in [2.75, 3.05) is 11.9 Å². The van der Waals surface area contributed by atoms with Crippen molar-refractivity contribution >= 4 is 23.2 Å². The fourth-order valence-electron chi connectivity index (χ4n) is 2.47. The van der Waals surface area contributed by atoms with E-state index in [1.807, 2.05) is 48.5 Å². The van der Waals surface area contributed by atoms with Gasteiger partial charge >= 0.3 is 0 Å². The van der Waals surface area contributed by atoms with Crippen LogP contribution in [-0.2, 0) is 17.1 Å². The van der Waals surface area contributed by atoms with Crippen LogP contribution in [0.4, 0.5) is 5.69 Å². The highest BCUT2D eigenvalue weighted by Gasteiger charge is 2.25. The largest absolute Gasteiger partial charge is 0.492 e. The molecule has 1 aliphatic rings. The summed E-state index contributed by atoms with van der Waals surface area (Å²) < 4.78 is 5.66. The van der Waals surface area contributed by atoms with E-state index >= 15 is 0 Å². The predicted octanol–water partition coefficient (Wildman–Crippen LogP) is 3.62. The molecule has 0 bridgehead atoms. The summed E-state index contributed by atoms with van der Waals surface area (Å²) in [6.07, 6.45) is 0.706. The number of halogens is 1. The third-order valence-corrected chi connectivity index (χ3v) is 3.91. The second-order valence-electron chi connectivity index (χ2n) is 5.14. The lowest BCUT2D eigenvalue weighted by atomic mass is 9.96. The van der Waals surface area contributed by atoms with Gasteiger partial charge in [-0.15, -0.1) is 11.6 Å². The molecule has 108 valence electrons. The summed E-state index contributed by atoms with van der Waals surface area (Å²) in [7, 11) is 0. The van der Waals surface area contributed by atoms with Gasteiger partial charge < -0.3 is 10.1 Å². The smallest absolute Gasteiger partial charge is 0.231 e. The number of alkyl halides is 1. The number of fused-ring (bicyclic) bond motifs is 1. The lowest BCUT2D eigenvalue weighted by Crippen LogP contribution is -2.32. The van der Waals surface area contributed by atoms with Crippen molar-refractivity contribution in [3.05, 3.63) is 59.7 Å². The van der Waals surface area contributed by atoms with Crippen molar-refractivity contribution in [3.8, 4) is 5.75 Å². The quantitative estimate of drug-likeness (QED) is 0.879. The van der Waals surface area contributed by atoms with Crippen molar-refractivity contribution in [1.82, 2.24) is 0 Å². The normalized spacial score (nSPS) is 16.7. The van der Waals surface area contributed by atoms with Crippen LogP contribution in [0.1, 0.15) is 11.1 Å². The summed E-state index contributed by atoms with van der Waals surface area (Å²) in [6, 6.07) is 15.4. The van der Waals surface area contributed by atoms with Crippen molar-refractivity contribution in [2.24, 2.45) is 5.92 Å². The van der Waals surface area contributed by atoms with E-state index in [0.717, 1.165) is 22.6 Å². The maximum Gasteiger partial charge on any atom is 0.231 e. The standard InChI is InChI=1S/C17H16ClNO2/c18-10-12-4-3-6-15(8-12)19-17(20)14-9-13-5-1-2-7-16(13)21-11-14/h1-8,14H,9-11H2,(H,19,20). The molecule has 4 heteroatoms. The molecule has 1 heterocycles. The first-order valence-electron chi connectivity index (χ1n) is 6.93. The van der Waals surface area contributed by atoms with Gasteiger partial charge in [0.05, 0.1) is 5.92 Å². The molecule has 21 heavy (non-hydrogen) atoms. The fraction of sp³-hybridized carbons (Fsp3) is 0.235. The zero-order valence-electron chi connectivity index (χ0n) is 11.5. The maximum atomic E-state index is 12.4. The van der Waals surface area contributed by atoms with Gasteiger partial charge in [-0.05, 0) is 35.7 Å². The molecule has 3 nitrogen and oxygen atoms in total. The number of carbonyl (C=O) groups excluding carboxylic acids is 1. The van der Waals surface area contributed by atoms with Gasteiger partial charge in [-0.1, -0.05) is 30.3 Å². The molecular formula is C17H16ClNO2. The molecule has 0 radical (unpaired) electrons. The zero-order valence-corrected chi connectivity index (χ0v) is 12.3. The molecule has 3 rings (SSSR count). The Morgan fingerprint density at radius 2 is 2.10 bits per heavy atom. The van der Waals surface area contributed by atoms with Crippen LogP contribution in [0, 0.1) is 5.92 Å². The van der Waals surface area contributed by atoms with Gasteiger partial charge in [-0.3, -0.25) is 4.79 Å². The Kier molecular flexibility index (Phi) is 4.11. The number of carbonyl (C=O) groups is 1. The number of hydrogen-bond acceptors (Lipinski definition) is 2. The molecule has 2 aromatic rings. The van der Waals surface area contributed by atoms with Gasteiger partial charge in [0, 0.05) is 11.6 Å². The Morgan fingerprint density at radius 3 is 2.95 bits per heavy atom. The summed E-state index contributed by atoms with van der Waals surface area (Å²) in [4.78, 5) is 12.4. The first kappa shape index (κ1) is 14.0. The van der Waals surface area contributed by atoms with Crippen molar-refractivity contribution in [1.29, 1.82) is 0 Å². The van der Waals surface area contributed by atoms with E-state index in [2.05, 4.69) is 5.32 Å². The maximum absolute atomic E-state index is 12.4. The van der Waals surface area contributed by atoms with E-state index in [4.69, 9.17) is 16.3 Å². The van der Waals surface area contributed by atoms with Crippen LogP contribution in [0.25, 0.3) is 0 Å². The van der Waals surface area contributed by atoms with Crippen molar-refractivity contribution in [2.45, 2.75) is 12.3 Å². The molecule has 0 aromatic heterocycles. The number of ether oxygens (including phenoxy) is 1. The molecule has 1 atom stereocenters. The Bertz CT molecular complexity index is 657. The zero-order chi connectivity index (χ0) is 14.7. The average molecular weight is 302 g/mol. The number of para-hydroxylation sites is 1. The SMILES string of the molecule is O=C(Nc1cccc(CCl)c1)C1COc2ccccc2C1. The number of benzene rings is 2. The number of nitrogens with one attached hydrogen (secondary N) is 1. The third-order valence-electron chi connectivity index (χ3n) is 3.60. The lowest BCUT2D eigenvalue weighted by molar-refractivity contribution is -0.121.